The molecule has 3 aromatic rings. The summed E-state index contributed by atoms with van der Waals surface area (Å²) in [4.78, 5) is 31.8. The highest BCUT2D eigenvalue weighted by atomic mass is 32.1. The molecule has 1 N–H and O–H groups in total. The van der Waals surface area contributed by atoms with E-state index in [1.165, 1.54) is 32.7 Å². The smallest absolute Gasteiger partial charge is 0.257 e. The molecule has 4 rings (SSSR count). The first-order valence-corrected chi connectivity index (χ1v) is 11.8. The SMILES string of the molecule is COc1cc(C(=O)Nc2nc(-c3ccc4c(c3)CCN4C(=O)C(C)C)cs2)cc(OC)c1OC. The molecular weight excluding hydrogens is 454 g/mol. The number of anilines is 2. The van der Waals surface area contributed by atoms with Gasteiger partial charge in [0.1, 0.15) is 0 Å². The van der Waals surface area contributed by atoms with Gasteiger partial charge in [-0.15, -0.1) is 11.3 Å². The second-order valence-corrected chi connectivity index (χ2v) is 9.00. The number of rotatable bonds is 7. The molecule has 0 unspecified atom stereocenters. The lowest BCUT2D eigenvalue weighted by Crippen LogP contribution is -2.32. The molecule has 2 amide bonds. The van der Waals surface area contributed by atoms with Gasteiger partial charge in [-0.3, -0.25) is 14.9 Å². The fraction of sp³-hybridized carbons (Fsp3) is 0.320. The summed E-state index contributed by atoms with van der Waals surface area (Å²) in [6, 6.07) is 9.20. The summed E-state index contributed by atoms with van der Waals surface area (Å²) in [6.45, 7) is 4.53. The third-order valence-electron chi connectivity index (χ3n) is 5.68. The van der Waals surface area contributed by atoms with Crippen LogP contribution in [0.2, 0.25) is 0 Å². The Hall–Kier alpha value is -3.59. The molecule has 0 spiro atoms. The summed E-state index contributed by atoms with van der Waals surface area (Å²) < 4.78 is 16.0. The number of fused-ring (bicyclic) bond motifs is 1. The first-order valence-electron chi connectivity index (χ1n) is 10.9. The molecule has 0 bridgehead atoms. The highest BCUT2D eigenvalue weighted by Gasteiger charge is 2.26. The van der Waals surface area contributed by atoms with E-state index in [4.69, 9.17) is 14.2 Å². The van der Waals surface area contributed by atoms with Crippen LogP contribution in [-0.4, -0.2) is 44.7 Å². The second-order valence-electron chi connectivity index (χ2n) is 8.14. The Labute approximate surface area is 202 Å². The molecule has 1 aromatic heterocycles. The van der Waals surface area contributed by atoms with Crippen LogP contribution >= 0.6 is 11.3 Å². The predicted molar refractivity (Wildman–Crippen MR) is 132 cm³/mol. The zero-order chi connectivity index (χ0) is 24.4. The van der Waals surface area contributed by atoms with Gasteiger partial charge in [0, 0.05) is 34.7 Å². The van der Waals surface area contributed by atoms with Crippen molar-refractivity contribution in [1.82, 2.24) is 4.98 Å². The Morgan fingerprint density at radius 2 is 1.76 bits per heavy atom. The second kappa shape index (κ2) is 9.72. The summed E-state index contributed by atoms with van der Waals surface area (Å²) >= 11 is 1.34. The number of aromatic nitrogens is 1. The maximum Gasteiger partial charge on any atom is 0.257 e. The number of hydrogen-bond donors (Lipinski definition) is 1. The zero-order valence-electron chi connectivity index (χ0n) is 19.8. The van der Waals surface area contributed by atoms with Gasteiger partial charge in [0.05, 0.1) is 27.0 Å². The van der Waals surface area contributed by atoms with E-state index in [0.29, 0.717) is 34.5 Å². The zero-order valence-corrected chi connectivity index (χ0v) is 20.6. The van der Waals surface area contributed by atoms with Gasteiger partial charge in [-0.2, -0.15) is 0 Å². The molecule has 0 saturated carbocycles. The quantitative estimate of drug-likeness (QED) is 0.529. The van der Waals surface area contributed by atoms with Crippen LogP contribution in [0, 0.1) is 5.92 Å². The van der Waals surface area contributed by atoms with Crippen molar-refractivity contribution in [2.45, 2.75) is 20.3 Å². The van der Waals surface area contributed by atoms with Crippen molar-refractivity contribution in [3.05, 3.63) is 46.8 Å². The van der Waals surface area contributed by atoms with Gasteiger partial charge >= 0.3 is 0 Å². The van der Waals surface area contributed by atoms with E-state index in [9.17, 15) is 9.59 Å². The van der Waals surface area contributed by atoms with E-state index >= 15 is 0 Å². The van der Waals surface area contributed by atoms with Gasteiger partial charge in [-0.05, 0) is 36.2 Å². The lowest BCUT2D eigenvalue weighted by molar-refractivity contribution is -0.121. The Bertz CT molecular complexity index is 1210. The van der Waals surface area contributed by atoms with Gasteiger partial charge in [-0.25, -0.2) is 4.98 Å². The number of benzene rings is 2. The molecule has 0 radical (unpaired) electrons. The third kappa shape index (κ3) is 4.43. The first kappa shape index (κ1) is 23.6. The van der Waals surface area contributed by atoms with Crippen LogP contribution in [0.15, 0.2) is 35.7 Å². The molecule has 0 saturated heterocycles. The van der Waals surface area contributed by atoms with E-state index in [1.807, 2.05) is 36.3 Å². The fourth-order valence-electron chi connectivity index (χ4n) is 3.95. The molecule has 178 valence electrons. The number of ether oxygens (including phenoxy) is 3. The van der Waals surface area contributed by atoms with Crippen LogP contribution in [0.25, 0.3) is 11.3 Å². The molecule has 34 heavy (non-hydrogen) atoms. The molecule has 1 aliphatic rings. The lowest BCUT2D eigenvalue weighted by Gasteiger charge is -2.19. The molecule has 2 aromatic carbocycles. The molecular formula is C25H27N3O5S. The Morgan fingerprint density at radius 3 is 2.38 bits per heavy atom. The van der Waals surface area contributed by atoms with Crippen molar-refractivity contribution in [2.24, 2.45) is 5.92 Å². The van der Waals surface area contributed by atoms with Gasteiger partial charge < -0.3 is 19.1 Å². The van der Waals surface area contributed by atoms with Gasteiger partial charge in [0.15, 0.2) is 16.6 Å². The average Bonchev–Trinajstić information content (AvgIpc) is 3.49. The standard InChI is InChI=1S/C25H27N3O5S/c1-14(2)24(30)28-9-8-16-10-15(6-7-19(16)28)18-13-34-25(26-18)27-23(29)17-11-20(31-3)22(33-5)21(12-17)32-4/h6-7,10-14H,8-9H2,1-5H3,(H,26,27,29). The monoisotopic (exact) mass is 481 g/mol. The number of nitrogens with zero attached hydrogens (tertiary/aromatic N) is 2. The Balaban J connectivity index is 1.53. The number of carbonyl (C=O) groups is 2. The van der Waals surface area contributed by atoms with E-state index in [2.05, 4.69) is 16.4 Å². The summed E-state index contributed by atoms with van der Waals surface area (Å²) in [5, 5.41) is 5.22. The number of hydrogen-bond acceptors (Lipinski definition) is 7. The van der Waals surface area contributed by atoms with E-state index < -0.39 is 0 Å². The highest BCUT2D eigenvalue weighted by molar-refractivity contribution is 7.14. The Kier molecular flexibility index (Phi) is 6.74. The van der Waals surface area contributed by atoms with Crippen LogP contribution in [0.1, 0.15) is 29.8 Å². The minimum absolute atomic E-state index is 0.0408. The normalized spacial score (nSPS) is 12.5. The molecule has 0 atom stereocenters. The van der Waals surface area contributed by atoms with E-state index in [0.717, 1.165) is 28.9 Å². The highest BCUT2D eigenvalue weighted by Crippen LogP contribution is 2.39. The van der Waals surface area contributed by atoms with Crippen molar-refractivity contribution in [3.63, 3.8) is 0 Å². The van der Waals surface area contributed by atoms with Crippen LogP contribution in [0.4, 0.5) is 10.8 Å². The van der Waals surface area contributed by atoms with Crippen molar-refractivity contribution in [1.29, 1.82) is 0 Å². The van der Waals surface area contributed by atoms with Crippen molar-refractivity contribution < 1.29 is 23.8 Å². The molecule has 1 aliphatic heterocycles. The largest absolute Gasteiger partial charge is 0.493 e. The number of carbonyl (C=O) groups excluding carboxylic acids is 2. The Morgan fingerprint density at radius 1 is 1.06 bits per heavy atom. The topological polar surface area (TPSA) is 90.0 Å². The molecule has 8 nitrogen and oxygen atoms in total. The fourth-order valence-corrected chi connectivity index (χ4v) is 4.66. The van der Waals surface area contributed by atoms with Crippen molar-refractivity contribution >= 4 is 34.0 Å². The van der Waals surface area contributed by atoms with E-state index in [1.54, 1.807) is 12.1 Å². The first-order chi connectivity index (χ1) is 16.4. The average molecular weight is 482 g/mol. The summed E-state index contributed by atoms with van der Waals surface area (Å²) in [7, 11) is 4.51. The molecule has 0 aliphatic carbocycles. The molecule has 2 heterocycles. The number of nitrogens with one attached hydrogen (secondary N) is 1. The minimum Gasteiger partial charge on any atom is -0.493 e. The lowest BCUT2D eigenvalue weighted by atomic mass is 10.1. The van der Waals surface area contributed by atoms with Gasteiger partial charge in [0.2, 0.25) is 11.7 Å². The maximum absolute atomic E-state index is 12.9. The third-order valence-corrected chi connectivity index (χ3v) is 6.44. The van der Waals surface area contributed by atoms with E-state index in [-0.39, 0.29) is 17.7 Å². The van der Waals surface area contributed by atoms with Crippen LogP contribution in [0.3, 0.4) is 0 Å². The van der Waals surface area contributed by atoms with Gasteiger partial charge in [-0.1, -0.05) is 19.9 Å². The number of amides is 2. The number of methoxy groups -OCH3 is 3. The molecule has 9 heteroatoms. The van der Waals surface area contributed by atoms with Crippen LogP contribution < -0.4 is 24.4 Å². The van der Waals surface area contributed by atoms with Crippen LogP contribution in [-0.2, 0) is 11.2 Å². The summed E-state index contributed by atoms with van der Waals surface area (Å²) in [5.74, 6) is 0.975. The van der Waals surface area contributed by atoms with Crippen LogP contribution in [0.5, 0.6) is 17.2 Å². The minimum atomic E-state index is -0.336. The van der Waals surface area contributed by atoms with Crippen molar-refractivity contribution in [2.75, 3.05) is 38.1 Å². The predicted octanol–water partition coefficient (Wildman–Crippen LogP) is 4.63. The van der Waals surface area contributed by atoms with Crippen molar-refractivity contribution in [3.8, 4) is 28.5 Å². The number of thiazole rings is 1. The maximum atomic E-state index is 12.9. The van der Waals surface area contributed by atoms with Gasteiger partial charge in [0.25, 0.3) is 5.91 Å². The molecule has 0 fully saturated rings. The summed E-state index contributed by atoms with van der Waals surface area (Å²) in [5.41, 5.74) is 4.17. The summed E-state index contributed by atoms with van der Waals surface area (Å²) in [6.07, 6.45) is 0.816.